The first-order chi connectivity index (χ1) is 14.0. The van der Waals surface area contributed by atoms with Crippen molar-refractivity contribution < 1.29 is 14.2 Å². The van der Waals surface area contributed by atoms with Crippen LogP contribution in [0, 0.1) is 0 Å². The van der Waals surface area contributed by atoms with E-state index in [4.69, 9.17) is 19.2 Å². The molecule has 0 unspecified atom stereocenters. The summed E-state index contributed by atoms with van der Waals surface area (Å²) < 4.78 is 18.4. The second kappa shape index (κ2) is 7.65. The number of rotatable bonds is 8. The van der Waals surface area contributed by atoms with E-state index in [2.05, 4.69) is 39.0 Å². The van der Waals surface area contributed by atoms with Crippen LogP contribution in [0.1, 0.15) is 32.7 Å². The molecule has 29 heavy (non-hydrogen) atoms. The van der Waals surface area contributed by atoms with Gasteiger partial charge in [-0.2, -0.15) is 0 Å². The van der Waals surface area contributed by atoms with Gasteiger partial charge in [-0.15, -0.1) is 0 Å². The zero-order valence-electron chi connectivity index (χ0n) is 17.3. The molecule has 2 heterocycles. The Hall–Kier alpha value is -3.23. The molecule has 0 amide bonds. The van der Waals surface area contributed by atoms with E-state index in [9.17, 15) is 0 Å². The van der Waals surface area contributed by atoms with Gasteiger partial charge in [0.05, 0.1) is 21.3 Å². The number of fused-ring (bicyclic) bond motifs is 1. The van der Waals surface area contributed by atoms with Crippen molar-refractivity contribution in [3.63, 3.8) is 0 Å². The SMILES string of the molecule is COc1cc(Nc2nc3c(NC4CC4)ncnc3n2C(C)C)cc(OC)c1OC. The van der Waals surface area contributed by atoms with Gasteiger partial charge in [0.2, 0.25) is 11.7 Å². The number of imidazole rings is 1. The Morgan fingerprint density at radius 3 is 2.28 bits per heavy atom. The van der Waals surface area contributed by atoms with Crippen LogP contribution in [0.15, 0.2) is 18.5 Å². The molecule has 3 aromatic rings. The molecule has 0 aliphatic heterocycles. The molecule has 9 nitrogen and oxygen atoms in total. The molecule has 1 aliphatic carbocycles. The lowest BCUT2D eigenvalue weighted by Gasteiger charge is -2.16. The highest BCUT2D eigenvalue weighted by Gasteiger charge is 2.25. The largest absolute Gasteiger partial charge is 0.493 e. The molecule has 1 aliphatic rings. The molecule has 2 aromatic heterocycles. The summed E-state index contributed by atoms with van der Waals surface area (Å²) in [6, 6.07) is 4.32. The van der Waals surface area contributed by atoms with Gasteiger partial charge in [-0.1, -0.05) is 0 Å². The monoisotopic (exact) mass is 398 g/mol. The molecule has 0 spiro atoms. The van der Waals surface area contributed by atoms with Gasteiger partial charge >= 0.3 is 0 Å². The third-order valence-corrected chi connectivity index (χ3v) is 4.83. The van der Waals surface area contributed by atoms with Gasteiger partial charge in [-0.3, -0.25) is 4.57 Å². The van der Waals surface area contributed by atoms with Crippen LogP contribution in [-0.4, -0.2) is 46.9 Å². The van der Waals surface area contributed by atoms with Crippen LogP contribution in [0.25, 0.3) is 11.2 Å². The molecular formula is C20H26N6O3. The Bertz CT molecular complexity index is 1000. The van der Waals surface area contributed by atoms with Crippen molar-refractivity contribution in [2.75, 3.05) is 32.0 Å². The number of aromatic nitrogens is 4. The summed E-state index contributed by atoms with van der Waals surface area (Å²) in [5.74, 6) is 3.11. The van der Waals surface area contributed by atoms with Crippen LogP contribution in [0.5, 0.6) is 17.2 Å². The van der Waals surface area contributed by atoms with Gasteiger partial charge in [0, 0.05) is 29.9 Å². The number of nitrogens with one attached hydrogen (secondary N) is 2. The highest BCUT2D eigenvalue weighted by molar-refractivity contribution is 5.86. The first-order valence-corrected chi connectivity index (χ1v) is 9.62. The summed E-state index contributed by atoms with van der Waals surface area (Å²) in [7, 11) is 4.77. The van der Waals surface area contributed by atoms with Gasteiger partial charge < -0.3 is 24.8 Å². The standard InChI is InChI=1S/C20H26N6O3/c1-11(2)26-19-16(18(21-10-22-19)23-12-6-7-12)25-20(26)24-13-8-14(27-3)17(29-5)15(9-13)28-4/h8-12H,6-7H2,1-5H3,(H,24,25)(H,21,22,23). The van der Waals surface area contributed by atoms with Crippen LogP contribution in [0.3, 0.4) is 0 Å². The molecule has 9 heteroatoms. The summed E-state index contributed by atoms with van der Waals surface area (Å²) in [4.78, 5) is 13.7. The highest BCUT2D eigenvalue weighted by Crippen LogP contribution is 2.41. The lowest BCUT2D eigenvalue weighted by molar-refractivity contribution is 0.324. The molecule has 0 radical (unpaired) electrons. The minimum Gasteiger partial charge on any atom is -0.493 e. The number of anilines is 3. The molecular weight excluding hydrogens is 372 g/mol. The molecule has 1 fully saturated rings. The van der Waals surface area contributed by atoms with Crippen molar-refractivity contribution in [3.05, 3.63) is 18.5 Å². The molecule has 2 N–H and O–H groups in total. The fourth-order valence-electron chi connectivity index (χ4n) is 3.30. The van der Waals surface area contributed by atoms with Crippen LogP contribution >= 0.6 is 0 Å². The zero-order valence-corrected chi connectivity index (χ0v) is 17.3. The third-order valence-electron chi connectivity index (χ3n) is 4.83. The summed E-state index contributed by atoms with van der Waals surface area (Å²) in [5.41, 5.74) is 2.30. The fourth-order valence-corrected chi connectivity index (χ4v) is 3.30. The molecule has 0 bridgehead atoms. The Balaban J connectivity index is 1.78. The summed E-state index contributed by atoms with van der Waals surface area (Å²) in [5, 5.41) is 6.82. The normalized spacial score (nSPS) is 13.6. The number of nitrogens with zero attached hydrogens (tertiary/aromatic N) is 4. The Labute approximate surface area is 169 Å². The molecule has 154 valence electrons. The van der Waals surface area contributed by atoms with Crippen molar-refractivity contribution in [3.8, 4) is 17.2 Å². The van der Waals surface area contributed by atoms with Crippen molar-refractivity contribution >= 4 is 28.6 Å². The highest BCUT2D eigenvalue weighted by atomic mass is 16.5. The van der Waals surface area contributed by atoms with Crippen molar-refractivity contribution in [2.24, 2.45) is 0 Å². The van der Waals surface area contributed by atoms with Gasteiger partial charge in [-0.05, 0) is 26.7 Å². The van der Waals surface area contributed by atoms with E-state index in [0.29, 0.717) is 29.2 Å². The molecule has 0 atom stereocenters. The van der Waals surface area contributed by atoms with E-state index in [-0.39, 0.29) is 6.04 Å². The minimum atomic E-state index is 0.146. The summed E-state index contributed by atoms with van der Waals surface area (Å²) in [6.07, 6.45) is 3.90. The maximum atomic E-state index is 5.46. The summed E-state index contributed by atoms with van der Waals surface area (Å²) >= 11 is 0. The van der Waals surface area contributed by atoms with Crippen molar-refractivity contribution in [1.82, 2.24) is 19.5 Å². The van der Waals surface area contributed by atoms with E-state index in [1.165, 1.54) is 0 Å². The summed E-state index contributed by atoms with van der Waals surface area (Å²) in [6.45, 7) is 4.19. The fraction of sp³-hybridized carbons (Fsp3) is 0.450. The second-order valence-electron chi connectivity index (χ2n) is 7.25. The smallest absolute Gasteiger partial charge is 0.210 e. The Kier molecular flexibility index (Phi) is 5.04. The van der Waals surface area contributed by atoms with Crippen molar-refractivity contribution in [2.45, 2.75) is 38.8 Å². The lowest BCUT2D eigenvalue weighted by Crippen LogP contribution is -2.08. The van der Waals surface area contributed by atoms with Gasteiger partial charge in [0.15, 0.2) is 28.5 Å². The predicted molar refractivity (Wildman–Crippen MR) is 112 cm³/mol. The number of hydrogen-bond acceptors (Lipinski definition) is 8. The second-order valence-corrected chi connectivity index (χ2v) is 7.25. The number of hydrogen-bond donors (Lipinski definition) is 2. The van der Waals surface area contributed by atoms with E-state index in [1.807, 2.05) is 12.1 Å². The molecule has 1 aromatic carbocycles. The van der Waals surface area contributed by atoms with E-state index >= 15 is 0 Å². The van der Waals surface area contributed by atoms with Crippen LogP contribution < -0.4 is 24.8 Å². The van der Waals surface area contributed by atoms with Crippen molar-refractivity contribution in [1.29, 1.82) is 0 Å². The zero-order chi connectivity index (χ0) is 20.5. The average molecular weight is 398 g/mol. The maximum Gasteiger partial charge on any atom is 0.210 e. The Morgan fingerprint density at radius 1 is 1.03 bits per heavy atom. The van der Waals surface area contributed by atoms with Gasteiger partial charge in [0.1, 0.15) is 6.33 Å². The number of ether oxygens (including phenoxy) is 3. The molecule has 4 rings (SSSR count). The topological polar surface area (TPSA) is 95.4 Å². The molecule has 0 saturated heterocycles. The lowest BCUT2D eigenvalue weighted by atomic mass is 10.2. The van der Waals surface area contributed by atoms with E-state index < -0.39 is 0 Å². The third kappa shape index (κ3) is 3.59. The van der Waals surface area contributed by atoms with Gasteiger partial charge in [0.25, 0.3) is 0 Å². The average Bonchev–Trinajstić information content (AvgIpc) is 3.45. The first kappa shape index (κ1) is 19.1. The van der Waals surface area contributed by atoms with Gasteiger partial charge in [-0.25, -0.2) is 15.0 Å². The minimum absolute atomic E-state index is 0.146. The maximum absolute atomic E-state index is 5.46. The van der Waals surface area contributed by atoms with E-state index in [1.54, 1.807) is 27.7 Å². The first-order valence-electron chi connectivity index (χ1n) is 9.62. The number of methoxy groups -OCH3 is 3. The molecule has 1 saturated carbocycles. The van der Waals surface area contributed by atoms with Crippen LogP contribution in [0.2, 0.25) is 0 Å². The quantitative estimate of drug-likeness (QED) is 0.592. The van der Waals surface area contributed by atoms with Crippen LogP contribution in [-0.2, 0) is 0 Å². The predicted octanol–water partition coefficient (Wildman–Crippen LogP) is 3.75. The van der Waals surface area contributed by atoms with E-state index in [0.717, 1.165) is 35.5 Å². The number of benzene rings is 1. The van der Waals surface area contributed by atoms with Crippen LogP contribution in [0.4, 0.5) is 17.5 Å². The Morgan fingerprint density at radius 2 is 1.72 bits per heavy atom.